The van der Waals surface area contributed by atoms with E-state index in [2.05, 4.69) is 13.8 Å². The van der Waals surface area contributed by atoms with Crippen molar-refractivity contribution in [2.24, 2.45) is 0 Å². The molecule has 2 rings (SSSR count). The molecule has 76 valence electrons. The Morgan fingerprint density at radius 3 is 2.93 bits per heavy atom. The molecule has 0 aliphatic carbocycles. The predicted octanol–water partition coefficient (Wildman–Crippen LogP) is 2.63. The van der Waals surface area contributed by atoms with E-state index in [-0.39, 0.29) is 12.5 Å². The third-order valence-electron chi connectivity index (χ3n) is 2.66. The van der Waals surface area contributed by atoms with Gasteiger partial charge in [0.2, 0.25) is 12.5 Å². The molecule has 1 aliphatic rings. The van der Waals surface area contributed by atoms with Gasteiger partial charge in [-0.3, -0.25) is 0 Å². The first-order valence-electron chi connectivity index (χ1n) is 4.85. The van der Waals surface area contributed by atoms with E-state index in [0.29, 0.717) is 17.4 Å². The zero-order valence-corrected chi connectivity index (χ0v) is 8.41. The number of rotatable bonds is 2. The van der Waals surface area contributed by atoms with Gasteiger partial charge in [-0.1, -0.05) is 13.8 Å². The van der Waals surface area contributed by atoms with Crippen molar-refractivity contribution in [3.63, 3.8) is 0 Å². The second-order valence-corrected chi connectivity index (χ2v) is 3.58. The molecule has 1 aromatic rings. The van der Waals surface area contributed by atoms with Crippen molar-refractivity contribution in [2.75, 3.05) is 6.79 Å². The molecular weight excluding hydrogens is 180 g/mol. The molecule has 0 fully saturated rings. The number of hydrogen-bond acceptors (Lipinski definition) is 3. The number of phenolic OH excluding ortho intramolecular Hbond substituents is 1. The second-order valence-electron chi connectivity index (χ2n) is 3.58. The highest BCUT2D eigenvalue weighted by Gasteiger charge is 2.20. The van der Waals surface area contributed by atoms with Gasteiger partial charge in [0.05, 0.1) is 0 Å². The van der Waals surface area contributed by atoms with Crippen LogP contribution in [0.2, 0.25) is 0 Å². The fourth-order valence-electron chi connectivity index (χ4n) is 1.53. The molecule has 0 saturated heterocycles. The smallest absolute Gasteiger partial charge is 0.231 e. The molecule has 0 bridgehead atoms. The summed E-state index contributed by atoms with van der Waals surface area (Å²) in [6.45, 7) is 4.44. The summed E-state index contributed by atoms with van der Waals surface area (Å²) in [5.74, 6) is 1.73. The molecule has 14 heavy (non-hydrogen) atoms. The molecule has 3 heteroatoms. The fourth-order valence-corrected chi connectivity index (χ4v) is 1.53. The first kappa shape index (κ1) is 9.19. The molecule has 1 unspecified atom stereocenters. The topological polar surface area (TPSA) is 38.7 Å². The molecule has 0 spiro atoms. The Balaban J connectivity index is 2.41. The van der Waals surface area contributed by atoms with Crippen LogP contribution < -0.4 is 9.47 Å². The predicted molar refractivity (Wildman–Crippen MR) is 52.9 cm³/mol. The third kappa shape index (κ3) is 1.39. The Bertz CT molecular complexity index is 347. The van der Waals surface area contributed by atoms with Gasteiger partial charge >= 0.3 is 0 Å². The van der Waals surface area contributed by atoms with Gasteiger partial charge in [-0.2, -0.15) is 0 Å². The lowest BCUT2D eigenvalue weighted by Crippen LogP contribution is -1.93. The summed E-state index contributed by atoms with van der Waals surface area (Å²) in [5, 5.41) is 9.65. The normalized spacial score (nSPS) is 15.6. The Labute approximate surface area is 83.3 Å². The van der Waals surface area contributed by atoms with Gasteiger partial charge in [0.1, 0.15) is 0 Å². The van der Waals surface area contributed by atoms with Crippen LogP contribution in [0.15, 0.2) is 12.1 Å². The summed E-state index contributed by atoms with van der Waals surface area (Å²) in [7, 11) is 0. The Hall–Kier alpha value is -1.38. The fraction of sp³-hybridized carbons (Fsp3) is 0.455. The van der Waals surface area contributed by atoms with E-state index >= 15 is 0 Å². The highest BCUT2D eigenvalue weighted by atomic mass is 16.7. The highest BCUT2D eigenvalue weighted by Crippen LogP contribution is 2.42. The van der Waals surface area contributed by atoms with Gasteiger partial charge in [0.25, 0.3) is 0 Å². The van der Waals surface area contributed by atoms with E-state index in [1.54, 1.807) is 6.07 Å². The molecular formula is C11H14O3. The van der Waals surface area contributed by atoms with Gasteiger partial charge in [-0.15, -0.1) is 0 Å². The summed E-state index contributed by atoms with van der Waals surface area (Å²) >= 11 is 0. The summed E-state index contributed by atoms with van der Waals surface area (Å²) in [4.78, 5) is 0. The lowest BCUT2D eigenvalue weighted by Gasteiger charge is -2.10. The number of hydrogen-bond donors (Lipinski definition) is 1. The summed E-state index contributed by atoms with van der Waals surface area (Å²) in [6.07, 6.45) is 1.04. The summed E-state index contributed by atoms with van der Waals surface area (Å²) in [6, 6.07) is 3.69. The third-order valence-corrected chi connectivity index (χ3v) is 2.66. The first-order chi connectivity index (χ1) is 6.72. The van der Waals surface area contributed by atoms with Crippen LogP contribution in [0.3, 0.4) is 0 Å². The maximum atomic E-state index is 9.65. The lowest BCUT2D eigenvalue weighted by atomic mass is 9.98. The zero-order valence-electron chi connectivity index (χ0n) is 8.41. The van der Waals surface area contributed by atoms with E-state index in [1.807, 2.05) is 6.07 Å². The van der Waals surface area contributed by atoms with E-state index in [9.17, 15) is 5.11 Å². The molecule has 0 saturated carbocycles. The number of aromatic hydroxyl groups is 1. The van der Waals surface area contributed by atoms with Crippen molar-refractivity contribution >= 4 is 0 Å². The molecule has 1 aromatic carbocycles. The van der Waals surface area contributed by atoms with Crippen molar-refractivity contribution in [2.45, 2.75) is 26.2 Å². The molecule has 0 amide bonds. The van der Waals surface area contributed by atoms with Crippen LogP contribution in [0.1, 0.15) is 31.7 Å². The number of fused-ring (bicyclic) bond motifs is 1. The molecule has 3 nitrogen and oxygen atoms in total. The lowest BCUT2D eigenvalue weighted by molar-refractivity contribution is 0.171. The minimum Gasteiger partial charge on any atom is -0.504 e. The van der Waals surface area contributed by atoms with E-state index in [4.69, 9.17) is 9.47 Å². The minimum atomic E-state index is 0.176. The van der Waals surface area contributed by atoms with Crippen LogP contribution in [0, 0.1) is 0 Å². The maximum Gasteiger partial charge on any atom is 0.231 e. The molecule has 1 heterocycles. The van der Waals surface area contributed by atoms with Crippen LogP contribution in [-0.2, 0) is 0 Å². The van der Waals surface area contributed by atoms with Crippen LogP contribution in [0.25, 0.3) is 0 Å². The van der Waals surface area contributed by atoms with E-state index in [1.165, 1.54) is 0 Å². The quantitative estimate of drug-likeness (QED) is 0.786. The van der Waals surface area contributed by atoms with Crippen molar-refractivity contribution in [1.29, 1.82) is 0 Å². The Morgan fingerprint density at radius 1 is 1.43 bits per heavy atom. The standard InChI is InChI=1S/C11H14O3/c1-3-7(2)8-4-9(12)11-10(5-8)13-6-14-11/h4-5,7,12H,3,6H2,1-2H3. The van der Waals surface area contributed by atoms with Gasteiger partial charge in [-0.05, 0) is 30.0 Å². The van der Waals surface area contributed by atoms with Crippen molar-refractivity contribution < 1.29 is 14.6 Å². The molecule has 1 aliphatic heterocycles. The molecule has 1 N–H and O–H groups in total. The second kappa shape index (κ2) is 3.40. The van der Waals surface area contributed by atoms with Gasteiger partial charge in [-0.25, -0.2) is 0 Å². The van der Waals surface area contributed by atoms with Gasteiger partial charge in [0, 0.05) is 0 Å². The molecule has 1 atom stereocenters. The van der Waals surface area contributed by atoms with Gasteiger partial charge in [0.15, 0.2) is 11.5 Å². The monoisotopic (exact) mass is 194 g/mol. The van der Waals surface area contributed by atoms with Crippen LogP contribution >= 0.6 is 0 Å². The summed E-state index contributed by atoms with van der Waals surface area (Å²) in [5.41, 5.74) is 1.09. The van der Waals surface area contributed by atoms with Crippen molar-refractivity contribution in [1.82, 2.24) is 0 Å². The SMILES string of the molecule is CCC(C)c1cc(O)c2c(c1)OCO2. The number of benzene rings is 1. The van der Waals surface area contributed by atoms with Crippen LogP contribution in [0.5, 0.6) is 17.2 Å². The molecule has 0 radical (unpaired) electrons. The van der Waals surface area contributed by atoms with Crippen molar-refractivity contribution in [3.05, 3.63) is 17.7 Å². The average molecular weight is 194 g/mol. The van der Waals surface area contributed by atoms with E-state index in [0.717, 1.165) is 12.0 Å². The van der Waals surface area contributed by atoms with E-state index < -0.39 is 0 Å². The summed E-state index contributed by atoms with van der Waals surface area (Å²) < 4.78 is 10.4. The van der Waals surface area contributed by atoms with Gasteiger partial charge < -0.3 is 14.6 Å². The minimum absolute atomic E-state index is 0.176. The van der Waals surface area contributed by atoms with Crippen LogP contribution in [-0.4, -0.2) is 11.9 Å². The van der Waals surface area contributed by atoms with Crippen LogP contribution in [0.4, 0.5) is 0 Å². The maximum absolute atomic E-state index is 9.65. The highest BCUT2D eigenvalue weighted by molar-refractivity contribution is 5.54. The first-order valence-corrected chi connectivity index (χ1v) is 4.85. The number of phenols is 1. The largest absolute Gasteiger partial charge is 0.504 e. The molecule has 0 aromatic heterocycles. The average Bonchev–Trinajstić information content (AvgIpc) is 2.64. The Morgan fingerprint density at radius 2 is 2.21 bits per heavy atom. The number of ether oxygens (including phenoxy) is 2. The zero-order chi connectivity index (χ0) is 10.1. The van der Waals surface area contributed by atoms with Crippen molar-refractivity contribution in [3.8, 4) is 17.2 Å². The Kier molecular flexibility index (Phi) is 2.23.